The van der Waals surface area contributed by atoms with Gasteiger partial charge in [-0.25, -0.2) is 5.06 Å². The van der Waals surface area contributed by atoms with Crippen LogP contribution in [-0.4, -0.2) is 36.7 Å². The van der Waals surface area contributed by atoms with E-state index in [1.807, 2.05) is 0 Å². The van der Waals surface area contributed by atoms with Crippen LogP contribution in [0.1, 0.15) is 19.3 Å². The smallest absolute Gasteiger partial charge is 0.248 e. The highest BCUT2D eigenvalue weighted by molar-refractivity contribution is 5.76. The highest BCUT2D eigenvalue weighted by atomic mass is 16.7. The van der Waals surface area contributed by atoms with Crippen LogP contribution in [0.4, 0.5) is 0 Å². The average Bonchev–Trinajstić information content (AvgIpc) is 2.53. The second-order valence-corrected chi connectivity index (χ2v) is 3.30. The molecule has 1 N–H and O–H groups in total. The van der Waals surface area contributed by atoms with Gasteiger partial charge in [0.25, 0.3) is 0 Å². The van der Waals surface area contributed by atoms with Gasteiger partial charge in [0, 0.05) is 6.54 Å². The number of rotatable bonds is 1. The fourth-order valence-electron chi connectivity index (χ4n) is 1.76. The summed E-state index contributed by atoms with van der Waals surface area (Å²) in [4.78, 5) is 16.5. The standard InChI is InChI=1S/C8H14N2O2/c11-8-3-5-12-10(8)7-2-1-4-9-6-7/h7,9H,1-6H2. The molecule has 2 fully saturated rings. The molecule has 12 heavy (non-hydrogen) atoms. The van der Waals surface area contributed by atoms with Gasteiger partial charge in [0.15, 0.2) is 0 Å². The maximum absolute atomic E-state index is 11.2. The van der Waals surface area contributed by atoms with Crippen LogP contribution in [0.25, 0.3) is 0 Å². The molecule has 0 aromatic rings. The Kier molecular flexibility index (Phi) is 2.28. The Hall–Kier alpha value is -0.610. The van der Waals surface area contributed by atoms with Gasteiger partial charge >= 0.3 is 0 Å². The Labute approximate surface area is 71.8 Å². The number of hydrogen-bond acceptors (Lipinski definition) is 3. The van der Waals surface area contributed by atoms with Gasteiger partial charge in [-0.1, -0.05) is 0 Å². The minimum Gasteiger partial charge on any atom is -0.315 e. The van der Waals surface area contributed by atoms with Crippen molar-refractivity contribution in [1.82, 2.24) is 10.4 Å². The van der Waals surface area contributed by atoms with Crippen LogP contribution in [0.15, 0.2) is 0 Å². The Morgan fingerprint density at radius 2 is 2.50 bits per heavy atom. The predicted octanol–water partition coefficient (Wildman–Crippen LogP) is -0.0977. The molecular formula is C8H14N2O2. The zero-order valence-electron chi connectivity index (χ0n) is 7.08. The molecule has 0 spiro atoms. The highest BCUT2D eigenvalue weighted by Crippen LogP contribution is 2.16. The van der Waals surface area contributed by atoms with E-state index in [9.17, 15) is 4.79 Å². The second-order valence-electron chi connectivity index (χ2n) is 3.30. The topological polar surface area (TPSA) is 41.6 Å². The van der Waals surface area contributed by atoms with Gasteiger partial charge in [0.2, 0.25) is 5.91 Å². The van der Waals surface area contributed by atoms with Crippen molar-refractivity contribution in [3.8, 4) is 0 Å². The van der Waals surface area contributed by atoms with Crippen LogP contribution in [0.2, 0.25) is 0 Å². The summed E-state index contributed by atoms with van der Waals surface area (Å²) in [5.41, 5.74) is 0. The first-order valence-corrected chi connectivity index (χ1v) is 4.53. The lowest BCUT2D eigenvalue weighted by Gasteiger charge is -2.29. The lowest BCUT2D eigenvalue weighted by atomic mass is 10.1. The molecule has 1 atom stereocenters. The first kappa shape index (κ1) is 8.01. The molecule has 0 saturated carbocycles. The third kappa shape index (κ3) is 1.44. The molecule has 2 rings (SSSR count). The summed E-state index contributed by atoms with van der Waals surface area (Å²) in [5.74, 6) is 0.142. The van der Waals surface area contributed by atoms with E-state index in [0.717, 1.165) is 25.9 Å². The molecule has 4 heteroatoms. The number of carbonyl (C=O) groups is 1. The molecule has 0 radical (unpaired) electrons. The molecule has 2 aliphatic heterocycles. The lowest BCUT2D eigenvalue weighted by molar-refractivity contribution is -0.175. The third-order valence-electron chi connectivity index (χ3n) is 2.39. The fraction of sp³-hybridized carbons (Fsp3) is 0.875. The quantitative estimate of drug-likeness (QED) is 0.597. The molecule has 1 unspecified atom stereocenters. The molecule has 68 valence electrons. The third-order valence-corrected chi connectivity index (χ3v) is 2.39. The van der Waals surface area contributed by atoms with E-state index in [0.29, 0.717) is 13.0 Å². The SMILES string of the molecule is O=C1CCON1C1CCCNC1. The number of hydrogen-bond donors (Lipinski definition) is 1. The summed E-state index contributed by atoms with van der Waals surface area (Å²) in [6.07, 6.45) is 2.76. The van der Waals surface area contributed by atoms with Crippen molar-refractivity contribution in [3.05, 3.63) is 0 Å². The van der Waals surface area contributed by atoms with Crippen molar-refractivity contribution in [2.24, 2.45) is 0 Å². The van der Waals surface area contributed by atoms with Crippen LogP contribution < -0.4 is 5.32 Å². The van der Waals surface area contributed by atoms with Crippen molar-refractivity contribution >= 4 is 5.91 Å². The van der Waals surface area contributed by atoms with E-state index in [4.69, 9.17) is 4.84 Å². The fourth-order valence-corrected chi connectivity index (χ4v) is 1.76. The van der Waals surface area contributed by atoms with E-state index in [1.165, 1.54) is 0 Å². The zero-order chi connectivity index (χ0) is 8.39. The number of piperidine rings is 1. The van der Waals surface area contributed by atoms with Crippen molar-refractivity contribution in [2.45, 2.75) is 25.3 Å². The van der Waals surface area contributed by atoms with Crippen LogP contribution in [-0.2, 0) is 9.63 Å². The summed E-state index contributed by atoms with van der Waals surface area (Å²) in [6, 6.07) is 0.272. The van der Waals surface area contributed by atoms with Crippen LogP contribution in [0.5, 0.6) is 0 Å². The maximum atomic E-state index is 11.2. The largest absolute Gasteiger partial charge is 0.315 e. The van der Waals surface area contributed by atoms with Gasteiger partial charge in [0.05, 0.1) is 19.1 Å². The number of nitrogens with zero attached hydrogens (tertiary/aromatic N) is 1. The van der Waals surface area contributed by atoms with Crippen molar-refractivity contribution in [2.75, 3.05) is 19.7 Å². The number of hydroxylamine groups is 2. The molecule has 0 bridgehead atoms. The first-order valence-electron chi connectivity index (χ1n) is 4.53. The van der Waals surface area contributed by atoms with Gasteiger partial charge in [-0.3, -0.25) is 9.63 Å². The number of amides is 1. The van der Waals surface area contributed by atoms with Gasteiger partial charge < -0.3 is 5.32 Å². The summed E-state index contributed by atoms with van der Waals surface area (Å²) in [7, 11) is 0. The zero-order valence-corrected chi connectivity index (χ0v) is 7.08. The Morgan fingerprint density at radius 1 is 1.58 bits per heavy atom. The minimum atomic E-state index is 0.142. The lowest BCUT2D eigenvalue weighted by Crippen LogP contribution is -2.45. The molecule has 2 aliphatic rings. The molecule has 2 saturated heterocycles. The average molecular weight is 170 g/mol. The van der Waals surface area contributed by atoms with Gasteiger partial charge in [-0.05, 0) is 19.4 Å². The normalized spacial score (nSPS) is 31.2. The monoisotopic (exact) mass is 170 g/mol. The van der Waals surface area contributed by atoms with Gasteiger partial charge in [-0.2, -0.15) is 0 Å². The summed E-state index contributed by atoms with van der Waals surface area (Å²) < 4.78 is 0. The minimum absolute atomic E-state index is 0.142. The summed E-state index contributed by atoms with van der Waals surface area (Å²) >= 11 is 0. The van der Waals surface area contributed by atoms with Crippen LogP contribution in [0, 0.1) is 0 Å². The molecule has 4 nitrogen and oxygen atoms in total. The first-order chi connectivity index (χ1) is 5.88. The second kappa shape index (κ2) is 3.41. The van der Waals surface area contributed by atoms with Crippen molar-refractivity contribution in [1.29, 1.82) is 0 Å². The molecule has 1 amide bonds. The van der Waals surface area contributed by atoms with E-state index >= 15 is 0 Å². The van der Waals surface area contributed by atoms with E-state index in [1.54, 1.807) is 5.06 Å². The van der Waals surface area contributed by atoms with Crippen LogP contribution >= 0.6 is 0 Å². The molecular weight excluding hydrogens is 156 g/mol. The molecule has 0 aromatic carbocycles. The maximum Gasteiger partial charge on any atom is 0.248 e. The van der Waals surface area contributed by atoms with Crippen molar-refractivity contribution < 1.29 is 9.63 Å². The highest BCUT2D eigenvalue weighted by Gasteiger charge is 2.30. The number of carbonyl (C=O) groups excluding carboxylic acids is 1. The summed E-state index contributed by atoms with van der Waals surface area (Å²) in [5, 5.41) is 4.82. The van der Waals surface area contributed by atoms with Gasteiger partial charge in [0.1, 0.15) is 0 Å². The van der Waals surface area contributed by atoms with Gasteiger partial charge in [-0.15, -0.1) is 0 Å². The Balaban J connectivity index is 1.93. The molecule has 0 aliphatic carbocycles. The van der Waals surface area contributed by atoms with E-state index < -0.39 is 0 Å². The molecule has 2 heterocycles. The predicted molar refractivity (Wildman–Crippen MR) is 43.3 cm³/mol. The van der Waals surface area contributed by atoms with E-state index in [2.05, 4.69) is 5.32 Å². The Bertz CT molecular complexity index is 178. The van der Waals surface area contributed by atoms with E-state index in [-0.39, 0.29) is 11.9 Å². The molecule has 0 aromatic heterocycles. The summed E-state index contributed by atoms with van der Waals surface area (Å²) in [6.45, 7) is 2.51. The van der Waals surface area contributed by atoms with Crippen LogP contribution in [0.3, 0.4) is 0 Å². The van der Waals surface area contributed by atoms with Crippen molar-refractivity contribution in [3.63, 3.8) is 0 Å². The number of nitrogens with one attached hydrogen (secondary N) is 1. The Morgan fingerprint density at radius 3 is 3.08 bits per heavy atom.